The molecule has 0 aromatic heterocycles. The first-order chi connectivity index (χ1) is 15.4. The van der Waals surface area contributed by atoms with Crippen molar-refractivity contribution < 1.29 is 14.0 Å². The van der Waals surface area contributed by atoms with E-state index in [-0.39, 0.29) is 29.4 Å². The third-order valence-corrected chi connectivity index (χ3v) is 6.96. The molecule has 32 heavy (non-hydrogen) atoms. The predicted octanol–water partition coefficient (Wildman–Crippen LogP) is 5.23. The van der Waals surface area contributed by atoms with Gasteiger partial charge in [-0.05, 0) is 43.9 Å². The van der Waals surface area contributed by atoms with Crippen LogP contribution in [0.25, 0.3) is 0 Å². The summed E-state index contributed by atoms with van der Waals surface area (Å²) >= 11 is 1.37. The van der Waals surface area contributed by atoms with Gasteiger partial charge in [0.15, 0.2) is 0 Å². The Kier molecular flexibility index (Phi) is 9.15. The van der Waals surface area contributed by atoms with Crippen molar-refractivity contribution in [2.45, 2.75) is 70.3 Å². The summed E-state index contributed by atoms with van der Waals surface area (Å²) in [7, 11) is 0. The third kappa shape index (κ3) is 7.09. The number of halogens is 1. The molecule has 0 heterocycles. The fourth-order valence-electron chi connectivity index (χ4n) is 4.11. The molecule has 1 N–H and O–H groups in total. The predicted molar refractivity (Wildman–Crippen MR) is 129 cm³/mol. The molecule has 0 bridgehead atoms. The molecule has 0 spiro atoms. The van der Waals surface area contributed by atoms with Crippen LogP contribution in [-0.2, 0) is 21.9 Å². The molecule has 1 unspecified atom stereocenters. The first-order valence-electron chi connectivity index (χ1n) is 11.4. The number of nitrogens with zero attached hydrogens (tertiary/aromatic N) is 1. The van der Waals surface area contributed by atoms with Crippen molar-refractivity contribution in [3.05, 3.63) is 71.0 Å². The molecule has 1 aliphatic carbocycles. The van der Waals surface area contributed by atoms with Crippen molar-refractivity contribution >= 4 is 23.6 Å². The third-order valence-electron chi connectivity index (χ3n) is 6.00. The van der Waals surface area contributed by atoms with Crippen LogP contribution in [-0.4, -0.2) is 34.6 Å². The molecule has 0 aliphatic heterocycles. The van der Waals surface area contributed by atoms with Crippen LogP contribution in [0.4, 0.5) is 4.39 Å². The first kappa shape index (κ1) is 24.3. The number of rotatable bonds is 9. The highest BCUT2D eigenvalue weighted by Gasteiger charge is 2.28. The van der Waals surface area contributed by atoms with Gasteiger partial charge in [0.1, 0.15) is 11.9 Å². The normalized spacial score (nSPS) is 15.2. The number of carbonyl (C=O) groups excluding carboxylic acids is 2. The Morgan fingerprint density at radius 2 is 1.88 bits per heavy atom. The van der Waals surface area contributed by atoms with Gasteiger partial charge in [-0.1, -0.05) is 67.3 Å². The maximum absolute atomic E-state index is 13.9. The summed E-state index contributed by atoms with van der Waals surface area (Å²) in [5.74, 6) is 0.140. The Balaban J connectivity index is 1.66. The second kappa shape index (κ2) is 12.0. The lowest BCUT2D eigenvalue weighted by molar-refractivity contribution is -0.139. The summed E-state index contributed by atoms with van der Waals surface area (Å²) in [5.41, 5.74) is 2.69. The maximum atomic E-state index is 13.9. The zero-order chi connectivity index (χ0) is 22.9. The van der Waals surface area contributed by atoms with Crippen molar-refractivity contribution in [1.29, 1.82) is 0 Å². The van der Waals surface area contributed by atoms with Crippen LogP contribution in [0.5, 0.6) is 0 Å². The summed E-state index contributed by atoms with van der Waals surface area (Å²) in [6.07, 6.45) is 5.50. The number of hydrogen-bond acceptors (Lipinski definition) is 3. The average Bonchev–Trinajstić information content (AvgIpc) is 2.79. The van der Waals surface area contributed by atoms with Crippen molar-refractivity contribution in [1.82, 2.24) is 10.2 Å². The number of thioether (sulfide) groups is 1. The van der Waals surface area contributed by atoms with E-state index in [0.717, 1.165) is 36.8 Å². The van der Waals surface area contributed by atoms with Gasteiger partial charge >= 0.3 is 0 Å². The van der Waals surface area contributed by atoms with E-state index in [2.05, 4.69) is 5.32 Å². The van der Waals surface area contributed by atoms with E-state index in [0.29, 0.717) is 17.9 Å². The molecule has 2 amide bonds. The summed E-state index contributed by atoms with van der Waals surface area (Å²) in [6.45, 7) is 4.19. The molecule has 2 aromatic rings. The molecule has 1 saturated carbocycles. The SMILES string of the molecule is Cc1cccc(CN(C(=O)CSCc2ccccc2F)C(C)C(=O)NC2CCCCC2)c1. The molecule has 3 rings (SSSR count). The second-order valence-corrected chi connectivity index (χ2v) is 9.60. The standard InChI is InChI=1S/C26H33FN2O2S/c1-19-9-8-10-21(15-19)16-29(20(2)26(31)28-23-12-4-3-5-13-23)25(30)18-32-17-22-11-6-7-14-24(22)27/h6-11,14-15,20,23H,3-5,12-13,16-18H2,1-2H3,(H,28,31). The smallest absolute Gasteiger partial charge is 0.242 e. The summed E-state index contributed by atoms with van der Waals surface area (Å²) in [5, 5.41) is 3.15. The number of aryl methyl sites for hydroxylation is 1. The molecule has 1 aliphatic rings. The quantitative estimate of drug-likeness (QED) is 0.562. The van der Waals surface area contributed by atoms with Crippen LogP contribution < -0.4 is 5.32 Å². The Hall–Kier alpha value is -2.34. The minimum atomic E-state index is -0.570. The topological polar surface area (TPSA) is 49.4 Å². The van der Waals surface area contributed by atoms with Crippen molar-refractivity contribution in [2.24, 2.45) is 0 Å². The van der Waals surface area contributed by atoms with E-state index in [9.17, 15) is 14.0 Å². The van der Waals surface area contributed by atoms with Gasteiger partial charge < -0.3 is 10.2 Å². The Bertz CT molecular complexity index is 914. The lowest BCUT2D eigenvalue weighted by Crippen LogP contribution is -2.50. The first-order valence-corrected chi connectivity index (χ1v) is 12.6. The van der Waals surface area contributed by atoms with Gasteiger partial charge in [-0.2, -0.15) is 0 Å². The number of nitrogens with one attached hydrogen (secondary N) is 1. The zero-order valence-electron chi connectivity index (χ0n) is 19.0. The second-order valence-electron chi connectivity index (χ2n) is 8.61. The van der Waals surface area contributed by atoms with Gasteiger partial charge in [0.25, 0.3) is 0 Å². The fourth-order valence-corrected chi connectivity index (χ4v) is 5.00. The highest BCUT2D eigenvalue weighted by atomic mass is 32.2. The Morgan fingerprint density at radius 1 is 1.12 bits per heavy atom. The molecular weight excluding hydrogens is 423 g/mol. The van der Waals surface area contributed by atoms with E-state index in [1.165, 1.54) is 24.2 Å². The van der Waals surface area contributed by atoms with Gasteiger partial charge in [-0.3, -0.25) is 9.59 Å². The van der Waals surface area contributed by atoms with Gasteiger partial charge in [0, 0.05) is 18.3 Å². The van der Waals surface area contributed by atoms with E-state index in [1.807, 2.05) is 31.2 Å². The molecule has 6 heteroatoms. The maximum Gasteiger partial charge on any atom is 0.242 e. The fraction of sp³-hybridized carbons (Fsp3) is 0.462. The number of hydrogen-bond donors (Lipinski definition) is 1. The molecular formula is C26H33FN2O2S. The molecule has 2 aromatic carbocycles. The number of amides is 2. The lowest BCUT2D eigenvalue weighted by Gasteiger charge is -2.31. The molecule has 0 saturated heterocycles. The van der Waals surface area contributed by atoms with E-state index >= 15 is 0 Å². The van der Waals surface area contributed by atoms with Crippen molar-refractivity contribution in [2.75, 3.05) is 5.75 Å². The largest absolute Gasteiger partial charge is 0.352 e. The van der Waals surface area contributed by atoms with Crippen LogP contribution in [0, 0.1) is 12.7 Å². The highest BCUT2D eigenvalue weighted by Crippen LogP contribution is 2.20. The van der Waals surface area contributed by atoms with Crippen LogP contribution in [0.15, 0.2) is 48.5 Å². The minimum Gasteiger partial charge on any atom is -0.352 e. The molecule has 1 fully saturated rings. The molecule has 172 valence electrons. The highest BCUT2D eigenvalue weighted by molar-refractivity contribution is 7.99. The van der Waals surface area contributed by atoms with E-state index < -0.39 is 6.04 Å². The summed E-state index contributed by atoms with van der Waals surface area (Å²) in [6, 6.07) is 14.2. The number of benzene rings is 2. The van der Waals surface area contributed by atoms with Gasteiger partial charge in [-0.25, -0.2) is 4.39 Å². The molecule has 1 atom stereocenters. The Labute approximate surface area is 195 Å². The lowest BCUT2D eigenvalue weighted by atomic mass is 9.95. The zero-order valence-corrected chi connectivity index (χ0v) is 19.8. The average molecular weight is 457 g/mol. The van der Waals surface area contributed by atoms with Crippen LogP contribution >= 0.6 is 11.8 Å². The molecule has 4 nitrogen and oxygen atoms in total. The van der Waals surface area contributed by atoms with Crippen LogP contribution in [0.1, 0.15) is 55.7 Å². The summed E-state index contributed by atoms with van der Waals surface area (Å²) in [4.78, 5) is 27.8. The van der Waals surface area contributed by atoms with Gasteiger partial charge in [0.05, 0.1) is 5.75 Å². The Morgan fingerprint density at radius 3 is 2.59 bits per heavy atom. The number of carbonyl (C=O) groups is 2. The summed E-state index contributed by atoms with van der Waals surface area (Å²) < 4.78 is 13.9. The van der Waals surface area contributed by atoms with Crippen LogP contribution in [0.2, 0.25) is 0 Å². The van der Waals surface area contributed by atoms with Crippen molar-refractivity contribution in [3.63, 3.8) is 0 Å². The monoisotopic (exact) mass is 456 g/mol. The minimum absolute atomic E-state index is 0.1000. The van der Waals surface area contributed by atoms with E-state index in [1.54, 1.807) is 30.0 Å². The van der Waals surface area contributed by atoms with Gasteiger partial charge in [-0.15, -0.1) is 11.8 Å². The molecule has 0 radical (unpaired) electrons. The van der Waals surface area contributed by atoms with Crippen LogP contribution in [0.3, 0.4) is 0 Å². The van der Waals surface area contributed by atoms with Gasteiger partial charge in [0.2, 0.25) is 11.8 Å². The van der Waals surface area contributed by atoms with E-state index in [4.69, 9.17) is 0 Å². The van der Waals surface area contributed by atoms with Crippen molar-refractivity contribution in [3.8, 4) is 0 Å².